The molecule has 0 aliphatic carbocycles. The molecule has 9 nitrogen and oxygen atoms in total. The largest absolute Gasteiger partial charge is 0.490 e. The highest BCUT2D eigenvalue weighted by Gasteiger charge is 2.27. The van der Waals surface area contributed by atoms with E-state index in [0.717, 1.165) is 10.5 Å². The smallest absolute Gasteiger partial charge is 0.326 e. The number of carboxylic acid groups (broad SMARTS) is 1. The van der Waals surface area contributed by atoms with Gasteiger partial charge < -0.3 is 19.5 Å². The van der Waals surface area contributed by atoms with E-state index in [1.165, 1.54) is 32.4 Å². The lowest BCUT2D eigenvalue weighted by Gasteiger charge is -2.25. The van der Waals surface area contributed by atoms with Gasteiger partial charge in [-0.15, -0.1) is 0 Å². The zero-order valence-corrected chi connectivity index (χ0v) is 15.4. The number of carboxylic acids is 1. The van der Waals surface area contributed by atoms with Crippen LogP contribution in [0.5, 0.6) is 11.5 Å². The highest BCUT2D eigenvalue weighted by Crippen LogP contribution is 2.30. The third kappa shape index (κ3) is 5.19. The fourth-order valence-corrected chi connectivity index (χ4v) is 2.55. The minimum Gasteiger partial charge on any atom is -0.490 e. The Morgan fingerprint density at radius 2 is 1.89 bits per heavy atom. The van der Waals surface area contributed by atoms with Crippen molar-refractivity contribution < 1.29 is 29.1 Å². The number of carbonyl (C=O) groups is 2. The molecule has 0 bridgehead atoms. The summed E-state index contributed by atoms with van der Waals surface area (Å²) in [5, 5.41) is 20.4. The number of aliphatic carboxylic acids is 1. The molecule has 0 aliphatic heterocycles. The second-order valence-electron chi connectivity index (χ2n) is 5.93. The predicted molar refractivity (Wildman–Crippen MR) is 99.5 cm³/mol. The third-order valence-electron chi connectivity index (χ3n) is 4.13. The number of ether oxygens (including phenoxy) is 2. The van der Waals surface area contributed by atoms with Crippen LogP contribution in [0.1, 0.15) is 5.56 Å². The molecule has 2 aromatic carbocycles. The van der Waals surface area contributed by atoms with E-state index >= 15 is 0 Å². The minimum absolute atomic E-state index is 0.00389. The molecule has 9 heteroatoms. The molecule has 0 saturated carbocycles. The average molecular weight is 388 g/mol. The van der Waals surface area contributed by atoms with Crippen molar-refractivity contribution in [2.45, 2.75) is 12.5 Å². The molecule has 148 valence electrons. The van der Waals surface area contributed by atoms with E-state index in [1.807, 2.05) is 6.07 Å². The molecule has 1 atom stereocenters. The predicted octanol–water partition coefficient (Wildman–Crippen LogP) is 2.14. The van der Waals surface area contributed by atoms with Gasteiger partial charge in [0.25, 0.3) is 5.91 Å². The van der Waals surface area contributed by atoms with E-state index in [0.29, 0.717) is 0 Å². The van der Waals surface area contributed by atoms with Gasteiger partial charge in [-0.25, -0.2) is 4.79 Å². The number of benzene rings is 2. The van der Waals surface area contributed by atoms with Crippen LogP contribution in [0.25, 0.3) is 0 Å². The van der Waals surface area contributed by atoms with Crippen molar-refractivity contribution in [2.24, 2.45) is 0 Å². The van der Waals surface area contributed by atoms with Crippen LogP contribution in [0.15, 0.2) is 48.5 Å². The lowest BCUT2D eigenvalue weighted by molar-refractivity contribution is -0.385. The van der Waals surface area contributed by atoms with Crippen molar-refractivity contribution in [1.29, 1.82) is 0 Å². The number of amides is 1. The van der Waals surface area contributed by atoms with Crippen molar-refractivity contribution >= 4 is 17.6 Å². The van der Waals surface area contributed by atoms with Gasteiger partial charge in [0.1, 0.15) is 11.8 Å². The van der Waals surface area contributed by atoms with Crippen LogP contribution < -0.4 is 9.47 Å². The van der Waals surface area contributed by atoms with Gasteiger partial charge in [-0.05, 0) is 11.6 Å². The van der Waals surface area contributed by atoms with E-state index in [1.54, 1.807) is 24.3 Å². The number of nitro groups is 1. The van der Waals surface area contributed by atoms with Crippen LogP contribution in [0, 0.1) is 10.1 Å². The van der Waals surface area contributed by atoms with Crippen molar-refractivity contribution in [3.05, 3.63) is 64.2 Å². The van der Waals surface area contributed by atoms with E-state index in [4.69, 9.17) is 9.47 Å². The molecule has 0 heterocycles. The number of nitro benzene ring substituents is 1. The van der Waals surface area contributed by atoms with E-state index < -0.39 is 29.4 Å². The normalized spacial score (nSPS) is 11.4. The van der Waals surface area contributed by atoms with Crippen LogP contribution in [-0.4, -0.2) is 53.6 Å². The Hall–Kier alpha value is -3.62. The molecule has 28 heavy (non-hydrogen) atoms. The van der Waals surface area contributed by atoms with E-state index in [-0.39, 0.29) is 23.6 Å². The maximum atomic E-state index is 12.4. The lowest BCUT2D eigenvalue weighted by atomic mass is 10.1. The van der Waals surface area contributed by atoms with Gasteiger partial charge in [0.15, 0.2) is 6.61 Å². The number of carbonyl (C=O) groups excluding carboxylic acids is 1. The SMILES string of the molecule is COc1cc(OCC(=O)N(C)C(Cc2ccccc2)C(=O)O)ccc1[N+](=O)[O-]. The van der Waals surface area contributed by atoms with Gasteiger partial charge in [0.05, 0.1) is 12.0 Å². The molecule has 0 saturated heterocycles. The molecular weight excluding hydrogens is 368 g/mol. The molecule has 0 spiro atoms. The van der Waals surface area contributed by atoms with Gasteiger partial charge in [0.2, 0.25) is 5.75 Å². The number of nitrogens with zero attached hydrogens (tertiary/aromatic N) is 2. The van der Waals surface area contributed by atoms with Crippen molar-refractivity contribution in [3.63, 3.8) is 0 Å². The van der Waals surface area contributed by atoms with Gasteiger partial charge in [0, 0.05) is 25.6 Å². The number of methoxy groups -OCH3 is 1. The summed E-state index contributed by atoms with van der Waals surface area (Å²) in [4.78, 5) is 35.4. The number of hydrogen-bond donors (Lipinski definition) is 1. The fourth-order valence-electron chi connectivity index (χ4n) is 2.55. The van der Waals surface area contributed by atoms with Crippen molar-refractivity contribution in [1.82, 2.24) is 4.90 Å². The molecule has 1 N–H and O–H groups in total. The Labute approximate surface area is 161 Å². The van der Waals surface area contributed by atoms with Crippen LogP contribution in [0.2, 0.25) is 0 Å². The summed E-state index contributed by atoms with van der Waals surface area (Å²) in [6.45, 7) is -0.421. The quantitative estimate of drug-likeness (QED) is 0.516. The lowest BCUT2D eigenvalue weighted by Crippen LogP contribution is -2.45. The topological polar surface area (TPSA) is 119 Å². The van der Waals surface area contributed by atoms with Crippen LogP contribution in [0.4, 0.5) is 5.69 Å². The Kier molecular flexibility index (Phi) is 6.91. The van der Waals surface area contributed by atoms with Gasteiger partial charge in [-0.1, -0.05) is 30.3 Å². The fraction of sp³-hybridized carbons (Fsp3) is 0.263. The van der Waals surface area contributed by atoms with Crippen LogP contribution in [-0.2, 0) is 16.0 Å². The molecule has 1 amide bonds. The second-order valence-corrected chi connectivity index (χ2v) is 5.93. The first-order valence-corrected chi connectivity index (χ1v) is 8.31. The Morgan fingerprint density at radius 1 is 1.21 bits per heavy atom. The van der Waals surface area contributed by atoms with Crippen LogP contribution >= 0.6 is 0 Å². The molecule has 2 rings (SSSR count). The molecule has 1 unspecified atom stereocenters. The molecule has 0 aromatic heterocycles. The summed E-state index contributed by atoms with van der Waals surface area (Å²) in [5.74, 6) is -1.48. The second kappa shape index (κ2) is 9.36. The Morgan fingerprint density at radius 3 is 2.46 bits per heavy atom. The minimum atomic E-state index is -1.13. The maximum Gasteiger partial charge on any atom is 0.326 e. The monoisotopic (exact) mass is 388 g/mol. The average Bonchev–Trinajstić information content (AvgIpc) is 2.69. The molecule has 0 radical (unpaired) electrons. The summed E-state index contributed by atoms with van der Waals surface area (Å²) in [6, 6.07) is 11.8. The summed E-state index contributed by atoms with van der Waals surface area (Å²) in [5.41, 5.74) is 0.558. The molecule has 2 aromatic rings. The number of likely N-dealkylation sites (N-methyl/N-ethyl adjacent to an activating group) is 1. The van der Waals surface area contributed by atoms with Crippen molar-refractivity contribution in [2.75, 3.05) is 20.8 Å². The van der Waals surface area contributed by atoms with E-state index in [2.05, 4.69) is 0 Å². The van der Waals surface area contributed by atoms with Gasteiger partial charge in [-0.2, -0.15) is 0 Å². The van der Waals surface area contributed by atoms with Crippen molar-refractivity contribution in [3.8, 4) is 11.5 Å². The first-order valence-electron chi connectivity index (χ1n) is 8.31. The number of rotatable bonds is 9. The van der Waals surface area contributed by atoms with Gasteiger partial charge >= 0.3 is 11.7 Å². The highest BCUT2D eigenvalue weighted by molar-refractivity contribution is 5.84. The van der Waals surface area contributed by atoms with Crippen LogP contribution in [0.3, 0.4) is 0 Å². The number of hydrogen-bond acceptors (Lipinski definition) is 6. The zero-order valence-electron chi connectivity index (χ0n) is 15.4. The molecule has 0 aliphatic rings. The first kappa shape index (κ1) is 20.7. The Bertz CT molecular complexity index is 855. The van der Waals surface area contributed by atoms with E-state index in [9.17, 15) is 24.8 Å². The standard InChI is InChI=1S/C19H20N2O7/c1-20(16(19(23)24)10-13-6-4-3-5-7-13)18(22)12-28-14-8-9-15(21(25)26)17(11-14)27-2/h3-9,11,16H,10,12H2,1-2H3,(H,23,24). The summed E-state index contributed by atoms with van der Waals surface area (Å²) in [6.07, 6.45) is 0.157. The highest BCUT2D eigenvalue weighted by atomic mass is 16.6. The van der Waals surface area contributed by atoms with Gasteiger partial charge in [-0.3, -0.25) is 14.9 Å². The Balaban J connectivity index is 2.04. The molecule has 0 fully saturated rings. The molecular formula is C19H20N2O7. The summed E-state index contributed by atoms with van der Waals surface area (Å²) < 4.78 is 10.3. The first-order chi connectivity index (χ1) is 13.3. The summed E-state index contributed by atoms with van der Waals surface area (Å²) in [7, 11) is 2.68. The maximum absolute atomic E-state index is 12.4. The zero-order chi connectivity index (χ0) is 20.7. The third-order valence-corrected chi connectivity index (χ3v) is 4.13. The summed E-state index contributed by atoms with van der Waals surface area (Å²) >= 11 is 0.